The molecule has 2 aromatic carbocycles. The zero-order chi connectivity index (χ0) is 23.1. The summed E-state index contributed by atoms with van der Waals surface area (Å²) < 4.78 is 18.3. The Balaban J connectivity index is 1.63. The lowest BCUT2D eigenvalue weighted by molar-refractivity contribution is -0.130. The number of ether oxygens (including phenoxy) is 1. The van der Waals surface area contributed by atoms with Gasteiger partial charge in [0.25, 0.3) is 0 Å². The van der Waals surface area contributed by atoms with E-state index >= 15 is 0 Å². The van der Waals surface area contributed by atoms with Gasteiger partial charge in [-0.25, -0.2) is 4.39 Å². The Morgan fingerprint density at radius 3 is 2.25 bits per heavy atom. The van der Waals surface area contributed by atoms with E-state index in [1.807, 2.05) is 24.3 Å². The van der Waals surface area contributed by atoms with E-state index in [0.29, 0.717) is 37.7 Å². The summed E-state index contributed by atoms with van der Waals surface area (Å²) in [6.45, 7) is 6.74. The van der Waals surface area contributed by atoms with E-state index in [4.69, 9.17) is 4.74 Å². The molecule has 172 valence electrons. The number of hydrogen-bond donors (Lipinski definition) is 2. The molecule has 1 aliphatic rings. The van der Waals surface area contributed by atoms with Gasteiger partial charge in [-0.15, -0.1) is 0 Å². The van der Waals surface area contributed by atoms with Crippen molar-refractivity contribution in [3.63, 3.8) is 0 Å². The molecular weight excluding hydrogens is 409 g/mol. The van der Waals surface area contributed by atoms with Crippen LogP contribution in [0.1, 0.15) is 25.8 Å². The molecule has 0 unspecified atom stereocenters. The fraction of sp³-hybridized carbons (Fsp3) is 0.440. The molecule has 0 radical (unpaired) electrons. The van der Waals surface area contributed by atoms with Crippen molar-refractivity contribution in [3.8, 4) is 5.75 Å². The van der Waals surface area contributed by atoms with Gasteiger partial charge in [-0.2, -0.15) is 0 Å². The van der Waals surface area contributed by atoms with Gasteiger partial charge < -0.3 is 20.3 Å². The summed E-state index contributed by atoms with van der Waals surface area (Å²) in [6, 6.07) is 13.3. The molecule has 1 saturated heterocycles. The van der Waals surface area contributed by atoms with Crippen LogP contribution in [0, 0.1) is 23.6 Å². The lowest BCUT2D eigenvalue weighted by Gasteiger charge is -2.37. The molecule has 32 heavy (non-hydrogen) atoms. The number of carbonyl (C=O) groups is 2. The van der Waals surface area contributed by atoms with Gasteiger partial charge in [0.1, 0.15) is 11.6 Å². The molecule has 2 aromatic rings. The second-order valence-corrected chi connectivity index (χ2v) is 8.80. The van der Waals surface area contributed by atoms with Crippen molar-refractivity contribution in [1.29, 1.82) is 0 Å². The number of anilines is 1. The lowest BCUT2D eigenvalue weighted by Crippen LogP contribution is -2.50. The molecule has 0 aliphatic carbocycles. The maximum atomic E-state index is 13.2. The molecule has 1 heterocycles. The van der Waals surface area contributed by atoms with Crippen molar-refractivity contribution in [3.05, 3.63) is 59.9 Å². The number of hydrogen-bond acceptors (Lipinski definition) is 4. The van der Waals surface area contributed by atoms with Crippen LogP contribution in [0.3, 0.4) is 0 Å². The first-order valence-corrected chi connectivity index (χ1v) is 11.0. The van der Waals surface area contributed by atoms with Gasteiger partial charge >= 0.3 is 0 Å². The smallest absolute Gasteiger partial charge is 0.228 e. The van der Waals surface area contributed by atoms with Crippen LogP contribution in [0.5, 0.6) is 5.75 Å². The standard InChI is InChI=1S/C25H32FN3O3/c1-17(2)14-29-15-19(24(30)27-13-18-4-10-23(32-3)11-5-18)12-20(16-29)25(31)28-22-8-6-21(26)7-9-22/h4-11,17,19-20H,12-16H2,1-3H3,(H,27,30)(H,28,31)/t19-,20+/m0/s1. The van der Waals surface area contributed by atoms with Crippen LogP contribution < -0.4 is 15.4 Å². The molecule has 2 N–H and O–H groups in total. The Kier molecular flexibility index (Phi) is 8.22. The van der Waals surface area contributed by atoms with Crippen molar-refractivity contribution < 1.29 is 18.7 Å². The lowest BCUT2D eigenvalue weighted by atomic mass is 9.87. The number of nitrogens with one attached hydrogen (secondary N) is 2. The highest BCUT2D eigenvalue weighted by Crippen LogP contribution is 2.25. The van der Waals surface area contributed by atoms with Crippen molar-refractivity contribution >= 4 is 17.5 Å². The predicted octanol–water partition coefficient (Wildman–Crippen LogP) is 3.68. The Labute approximate surface area is 189 Å². The summed E-state index contributed by atoms with van der Waals surface area (Å²) in [5.41, 5.74) is 1.54. The first-order chi connectivity index (χ1) is 15.3. The number of benzene rings is 2. The zero-order valence-corrected chi connectivity index (χ0v) is 18.9. The van der Waals surface area contributed by atoms with Gasteiger partial charge in [-0.3, -0.25) is 9.59 Å². The monoisotopic (exact) mass is 441 g/mol. The Hall–Kier alpha value is -2.93. The van der Waals surface area contributed by atoms with Crippen LogP contribution in [0.25, 0.3) is 0 Å². The predicted molar refractivity (Wildman–Crippen MR) is 123 cm³/mol. The van der Waals surface area contributed by atoms with Gasteiger partial charge in [-0.1, -0.05) is 26.0 Å². The van der Waals surface area contributed by atoms with E-state index in [0.717, 1.165) is 17.9 Å². The van der Waals surface area contributed by atoms with Crippen molar-refractivity contribution in [2.24, 2.45) is 17.8 Å². The molecule has 0 saturated carbocycles. The topological polar surface area (TPSA) is 70.7 Å². The van der Waals surface area contributed by atoms with Crippen LogP contribution >= 0.6 is 0 Å². The number of rotatable bonds is 8. The van der Waals surface area contributed by atoms with Gasteiger partial charge in [0.15, 0.2) is 0 Å². The molecule has 1 aliphatic heterocycles. The van der Waals surface area contributed by atoms with Gasteiger partial charge in [-0.05, 0) is 54.3 Å². The van der Waals surface area contributed by atoms with Crippen molar-refractivity contribution in [2.45, 2.75) is 26.8 Å². The molecule has 2 amide bonds. The van der Waals surface area contributed by atoms with Crippen molar-refractivity contribution in [2.75, 3.05) is 32.1 Å². The number of likely N-dealkylation sites (tertiary alicyclic amines) is 1. The fourth-order valence-corrected chi connectivity index (χ4v) is 4.09. The van der Waals surface area contributed by atoms with Gasteiger partial charge in [0, 0.05) is 31.9 Å². The maximum Gasteiger partial charge on any atom is 0.228 e. The molecular formula is C25H32FN3O3. The average molecular weight is 442 g/mol. The first-order valence-electron chi connectivity index (χ1n) is 11.0. The van der Waals surface area contributed by atoms with Crippen LogP contribution in [-0.4, -0.2) is 43.5 Å². The molecule has 3 rings (SSSR count). The average Bonchev–Trinajstić information content (AvgIpc) is 2.78. The summed E-state index contributed by atoms with van der Waals surface area (Å²) >= 11 is 0. The normalized spacial score (nSPS) is 18.9. The highest BCUT2D eigenvalue weighted by molar-refractivity contribution is 5.93. The highest BCUT2D eigenvalue weighted by atomic mass is 19.1. The second kappa shape index (κ2) is 11.1. The minimum absolute atomic E-state index is 0.0474. The maximum absolute atomic E-state index is 13.2. The minimum Gasteiger partial charge on any atom is -0.497 e. The molecule has 2 atom stereocenters. The molecule has 1 fully saturated rings. The van der Waals surface area contributed by atoms with Crippen molar-refractivity contribution in [1.82, 2.24) is 10.2 Å². The third-order valence-corrected chi connectivity index (χ3v) is 5.63. The van der Waals surface area contributed by atoms with Gasteiger partial charge in [0.05, 0.1) is 18.9 Å². The van der Waals surface area contributed by atoms with E-state index in [2.05, 4.69) is 29.4 Å². The molecule has 0 spiro atoms. The molecule has 0 bridgehead atoms. The minimum atomic E-state index is -0.350. The van der Waals surface area contributed by atoms with E-state index in [1.54, 1.807) is 19.2 Å². The number of amides is 2. The number of piperidine rings is 1. The summed E-state index contributed by atoms with van der Waals surface area (Å²) in [5, 5.41) is 5.88. The van der Waals surface area contributed by atoms with Gasteiger partial charge in [0.2, 0.25) is 11.8 Å². The van der Waals surface area contributed by atoms with Crippen LogP contribution in [0.2, 0.25) is 0 Å². The third-order valence-electron chi connectivity index (χ3n) is 5.63. The summed E-state index contributed by atoms with van der Waals surface area (Å²) in [7, 11) is 1.62. The molecule has 0 aromatic heterocycles. The van der Waals surface area contributed by atoms with E-state index < -0.39 is 0 Å². The molecule has 7 heteroatoms. The van der Waals surface area contributed by atoms with Crippen LogP contribution in [0.15, 0.2) is 48.5 Å². The van der Waals surface area contributed by atoms with E-state index in [1.165, 1.54) is 12.1 Å². The SMILES string of the molecule is COc1ccc(CNC(=O)[C@H]2C[C@@H](C(=O)Nc3ccc(F)cc3)CN(CC(C)C)C2)cc1. The largest absolute Gasteiger partial charge is 0.497 e. The zero-order valence-electron chi connectivity index (χ0n) is 18.9. The second-order valence-electron chi connectivity index (χ2n) is 8.80. The van der Waals surface area contributed by atoms with E-state index in [9.17, 15) is 14.0 Å². The summed E-state index contributed by atoms with van der Waals surface area (Å²) in [4.78, 5) is 28.1. The Morgan fingerprint density at radius 1 is 1.03 bits per heavy atom. The summed E-state index contributed by atoms with van der Waals surface area (Å²) in [6.07, 6.45) is 0.482. The number of halogens is 1. The van der Waals surface area contributed by atoms with E-state index in [-0.39, 0.29) is 29.5 Å². The Bertz CT molecular complexity index is 900. The first kappa shape index (κ1) is 23.7. The van der Waals surface area contributed by atoms with Crippen LogP contribution in [-0.2, 0) is 16.1 Å². The highest BCUT2D eigenvalue weighted by Gasteiger charge is 2.35. The fourth-order valence-electron chi connectivity index (χ4n) is 4.09. The quantitative estimate of drug-likeness (QED) is 0.656. The third kappa shape index (κ3) is 6.79. The number of methoxy groups -OCH3 is 1. The summed E-state index contributed by atoms with van der Waals surface area (Å²) in [5.74, 6) is 0.0712. The van der Waals surface area contributed by atoms with Crippen LogP contribution in [0.4, 0.5) is 10.1 Å². The number of carbonyl (C=O) groups excluding carboxylic acids is 2. The Morgan fingerprint density at radius 2 is 1.66 bits per heavy atom. The molecule has 6 nitrogen and oxygen atoms in total. The number of nitrogens with zero attached hydrogens (tertiary/aromatic N) is 1.